The van der Waals surface area contributed by atoms with Crippen molar-refractivity contribution in [3.63, 3.8) is 0 Å². The Labute approximate surface area is 123 Å². The molecule has 0 aliphatic rings. The van der Waals surface area contributed by atoms with E-state index in [0.29, 0.717) is 0 Å². The smallest absolute Gasteiger partial charge is 0.122 e. The molecular weight excluding hydrogens is 248 g/mol. The number of aryl methyl sites for hydroxylation is 1. The average Bonchev–Trinajstić information content (AvgIpc) is 2.38. The molecule has 3 N–H and O–H groups in total. The Morgan fingerprint density at radius 2 is 1.90 bits per heavy atom. The first kappa shape index (κ1) is 16.7. The Balaban J connectivity index is 2.74. The van der Waals surface area contributed by atoms with Crippen LogP contribution in [0.5, 0.6) is 0 Å². The molecule has 0 fully saturated rings. The zero-order valence-electron chi connectivity index (χ0n) is 13.2. The summed E-state index contributed by atoms with van der Waals surface area (Å²) in [4.78, 5) is 4.70. The van der Waals surface area contributed by atoms with Crippen LogP contribution in [0, 0.1) is 12.3 Å². The van der Waals surface area contributed by atoms with E-state index in [-0.39, 0.29) is 5.84 Å². The minimum atomic E-state index is 0.137. The molecule has 0 radical (unpaired) electrons. The fourth-order valence-electron chi connectivity index (χ4n) is 2.21. The summed E-state index contributed by atoms with van der Waals surface area (Å²) in [6.45, 7) is 8.54. The van der Waals surface area contributed by atoms with Gasteiger partial charge in [0.2, 0.25) is 0 Å². The fraction of sp³-hybridized carbons (Fsp3) is 0.562. The number of rotatable bonds is 8. The molecule has 0 aliphatic heterocycles. The fourth-order valence-corrected chi connectivity index (χ4v) is 2.21. The first-order valence-corrected chi connectivity index (χ1v) is 7.25. The van der Waals surface area contributed by atoms with Gasteiger partial charge in [0.05, 0.1) is 0 Å². The van der Waals surface area contributed by atoms with Crippen LogP contribution < -0.4 is 5.73 Å². The average molecular weight is 276 g/mol. The van der Waals surface area contributed by atoms with E-state index < -0.39 is 0 Å². The van der Waals surface area contributed by atoms with E-state index in [1.165, 1.54) is 11.1 Å². The summed E-state index contributed by atoms with van der Waals surface area (Å²) in [5, 5.41) is 7.49. The second-order valence-corrected chi connectivity index (χ2v) is 5.63. The van der Waals surface area contributed by atoms with Gasteiger partial charge in [-0.05, 0) is 51.2 Å². The van der Waals surface area contributed by atoms with E-state index in [9.17, 15) is 0 Å². The first-order valence-electron chi connectivity index (χ1n) is 7.25. The molecule has 1 aromatic carbocycles. The van der Waals surface area contributed by atoms with Crippen LogP contribution in [0.1, 0.15) is 30.0 Å². The minimum Gasteiger partial charge on any atom is -0.384 e. The molecule has 0 bridgehead atoms. The molecule has 112 valence electrons. The molecule has 0 atom stereocenters. The molecule has 0 saturated carbocycles. The maximum Gasteiger partial charge on any atom is 0.122 e. The Morgan fingerprint density at radius 3 is 2.40 bits per heavy atom. The summed E-state index contributed by atoms with van der Waals surface area (Å²) in [5.74, 6) is 0.137. The van der Waals surface area contributed by atoms with Gasteiger partial charge in [-0.3, -0.25) is 10.3 Å². The third kappa shape index (κ3) is 5.31. The van der Waals surface area contributed by atoms with E-state index >= 15 is 0 Å². The summed E-state index contributed by atoms with van der Waals surface area (Å²) < 4.78 is 0. The van der Waals surface area contributed by atoms with Gasteiger partial charge in [0.25, 0.3) is 0 Å². The number of nitrogen functional groups attached to an aromatic ring is 1. The quantitative estimate of drug-likeness (QED) is 0.564. The van der Waals surface area contributed by atoms with Crippen molar-refractivity contribution >= 4 is 5.84 Å². The topological polar surface area (TPSA) is 56.4 Å². The number of amidine groups is 1. The first-order chi connectivity index (χ1) is 9.43. The van der Waals surface area contributed by atoms with Crippen molar-refractivity contribution in [3.8, 4) is 0 Å². The summed E-state index contributed by atoms with van der Waals surface area (Å²) in [7, 11) is 4.22. The van der Waals surface area contributed by atoms with E-state index in [2.05, 4.69) is 43.8 Å². The molecule has 4 heteroatoms. The van der Waals surface area contributed by atoms with Crippen LogP contribution in [0.15, 0.2) is 18.2 Å². The third-order valence-corrected chi connectivity index (χ3v) is 3.45. The van der Waals surface area contributed by atoms with Crippen molar-refractivity contribution in [1.82, 2.24) is 9.80 Å². The van der Waals surface area contributed by atoms with Crippen LogP contribution in [0.4, 0.5) is 0 Å². The summed E-state index contributed by atoms with van der Waals surface area (Å²) in [6, 6.07) is 6.05. The molecule has 0 unspecified atom stereocenters. The lowest BCUT2D eigenvalue weighted by Crippen LogP contribution is -2.32. The van der Waals surface area contributed by atoms with Gasteiger partial charge in [-0.15, -0.1) is 0 Å². The number of nitrogens with zero attached hydrogens (tertiary/aromatic N) is 2. The lowest BCUT2D eigenvalue weighted by molar-refractivity contribution is 0.233. The Bertz CT molecular complexity index is 440. The zero-order chi connectivity index (χ0) is 15.1. The van der Waals surface area contributed by atoms with E-state index in [4.69, 9.17) is 11.1 Å². The van der Waals surface area contributed by atoms with Gasteiger partial charge in [0.15, 0.2) is 0 Å². The van der Waals surface area contributed by atoms with Crippen molar-refractivity contribution in [2.24, 2.45) is 5.73 Å². The van der Waals surface area contributed by atoms with Gasteiger partial charge < -0.3 is 10.6 Å². The molecule has 0 saturated heterocycles. The number of nitrogens with two attached hydrogens (primary N) is 1. The molecule has 4 nitrogen and oxygen atoms in total. The van der Waals surface area contributed by atoms with Crippen LogP contribution in [0.3, 0.4) is 0 Å². The van der Waals surface area contributed by atoms with Crippen LogP contribution in [0.2, 0.25) is 0 Å². The lowest BCUT2D eigenvalue weighted by Gasteiger charge is -2.24. The third-order valence-electron chi connectivity index (χ3n) is 3.45. The molecule has 1 rings (SSSR count). The minimum absolute atomic E-state index is 0.137. The van der Waals surface area contributed by atoms with Crippen LogP contribution >= 0.6 is 0 Å². The molecule has 0 heterocycles. The molecule has 0 aromatic heterocycles. The summed E-state index contributed by atoms with van der Waals surface area (Å²) in [6.07, 6.45) is 1.16. The lowest BCUT2D eigenvalue weighted by atomic mass is 10.0. The number of hydrogen-bond acceptors (Lipinski definition) is 3. The number of nitrogens with one attached hydrogen (secondary N) is 1. The highest BCUT2D eigenvalue weighted by Crippen LogP contribution is 2.13. The van der Waals surface area contributed by atoms with Crippen molar-refractivity contribution < 1.29 is 0 Å². The van der Waals surface area contributed by atoms with Crippen molar-refractivity contribution in [1.29, 1.82) is 5.41 Å². The summed E-state index contributed by atoms with van der Waals surface area (Å²) in [5.41, 5.74) is 8.87. The maximum atomic E-state index is 7.49. The number of hydrogen-bond donors (Lipinski definition) is 2. The molecule has 0 spiro atoms. The highest BCUT2D eigenvalue weighted by Gasteiger charge is 2.08. The highest BCUT2D eigenvalue weighted by atomic mass is 15.2. The molecule has 0 aliphatic carbocycles. The van der Waals surface area contributed by atoms with Gasteiger partial charge in [-0.2, -0.15) is 0 Å². The molecule has 0 amide bonds. The van der Waals surface area contributed by atoms with E-state index in [1.807, 2.05) is 12.1 Å². The number of likely N-dealkylation sites (N-methyl/N-ethyl adjacent to an activating group) is 1. The second kappa shape index (κ2) is 8.02. The summed E-state index contributed by atoms with van der Waals surface area (Å²) >= 11 is 0. The highest BCUT2D eigenvalue weighted by molar-refractivity contribution is 5.95. The van der Waals surface area contributed by atoms with Crippen molar-refractivity contribution in [2.45, 2.75) is 26.8 Å². The maximum absolute atomic E-state index is 7.49. The van der Waals surface area contributed by atoms with Crippen molar-refractivity contribution in [2.75, 3.05) is 33.7 Å². The van der Waals surface area contributed by atoms with Crippen LogP contribution in [-0.4, -0.2) is 49.4 Å². The normalized spacial score (nSPS) is 11.3. The molecule has 1 aromatic rings. The molecule has 20 heavy (non-hydrogen) atoms. The monoisotopic (exact) mass is 276 g/mol. The number of benzene rings is 1. The van der Waals surface area contributed by atoms with Gasteiger partial charge in [0.1, 0.15) is 5.84 Å². The Hall–Kier alpha value is -1.39. The standard InChI is InChI=1S/C16H28N4/c1-5-8-20(10-9-19(3)4)12-15-7-6-14(16(17)18)11-13(15)2/h6-7,11H,5,8-10,12H2,1-4H3,(H3,17,18). The SMILES string of the molecule is CCCN(CCN(C)C)Cc1ccc(C(=N)N)cc1C. The zero-order valence-corrected chi connectivity index (χ0v) is 13.2. The molecular formula is C16H28N4. The Kier molecular flexibility index (Phi) is 6.68. The van der Waals surface area contributed by atoms with E-state index in [1.54, 1.807) is 0 Å². The van der Waals surface area contributed by atoms with Gasteiger partial charge in [-0.1, -0.05) is 19.1 Å². The largest absolute Gasteiger partial charge is 0.384 e. The predicted octanol–water partition coefficient (Wildman–Crippen LogP) is 2.05. The van der Waals surface area contributed by atoms with Gasteiger partial charge in [0, 0.05) is 25.2 Å². The van der Waals surface area contributed by atoms with Gasteiger partial charge >= 0.3 is 0 Å². The van der Waals surface area contributed by atoms with E-state index in [0.717, 1.165) is 38.2 Å². The van der Waals surface area contributed by atoms with Gasteiger partial charge in [-0.25, -0.2) is 0 Å². The predicted molar refractivity (Wildman–Crippen MR) is 86.3 cm³/mol. The Morgan fingerprint density at radius 1 is 1.20 bits per heavy atom. The van der Waals surface area contributed by atoms with Crippen LogP contribution in [0.25, 0.3) is 0 Å². The second-order valence-electron chi connectivity index (χ2n) is 5.63. The van der Waals surface area contributed by atoms with Crippen LogP contribution in [-0.2, 0) is 6.54 Å². The van der Waals surface area contributed by atoms with Crippen molar-refractivity contribution in [3.05, 3.63) is 34.9 Å².